The normalized spacial score (nSPS) is 11.5. The van der Waals surface area contributed by atoms with Crippen molar-refractivity contribution in [3.05, 3.63) is 82.6 Å². The SMILES string of the molecule is CCc1nc2c(C)cc(C)nc2n1Cc1ccc2oc(-c3cccc(F)c3C(=O)O)cc2c1. The number of fused-ring (bicyclic) bond motifs is 2. The van der Waals surface area contributed by atoms with Gasteiger partial charge in [0.15, 0.2) is 5.65 Å². The van der Waals surface area contributed by atoms with Crippen LogP contribution in [0.3, 0.4) is 0 Å². The Morgan fingerprint density at radius 3 is 2.70 bits per heavy atom. The number of pyridine rings is 1. The maximum atomic E-state index is 14.1. The third-order valence-electron chi connectivity index (χ3n) is 5.83. The summed E-state index contributed by atoms with van der Waals surface area (Å²) < 4.78 is 22.1. The van der Waals surface area contributed by atoms with Crippen LogP contribution in [0.15, 0.2) is 52.9 Å². The van der Waals surface area contributed by atoms with Gasteiger partial charge in [0.25, 0.3) is 0 Å². The van der Waals surface area contributed by atoms with Gasteiger partial charge in [-0.05, 0) is 55.3 Å². The molecule has 33 heavy (non-hydrogen) atoms. The molecule has 5 rings (SSSR count). The van der Waals surface area contributed by atoms with Crippen LogP contribution in [0.2, 0.25) is 0 Å². The predicted octanol–water partition coefficient (Wildman–Crippen LogP) is 5.91. The van der Waals surface area contributed by atoms with E-state index in [0.29, 0.717) is 17.9 Å². The summed E-state index contributed by atoms with van der Waals surface area (Å²) in [5.74, 6) is -0.848. The number of imidazole rings is 1. The lowest BCUT2D eigenvalue weighted by Crippen LogP contribution is -2.05. The van der Waals surface area contributed by atoms with E-state index in [4.69, 9.17) is 14.4 Å². The molecule has 0 saturated heterocycles. The lowest BCUT2D eigenvalue weighted by molar-refractivity contribution is 0.0692. The van der Waals surface area contributed by atoms with Crippen molar-refractivity contribution in [2.24, 2.45) is 0 Å². The molecule has 7 heteroatoms. The smallest absolute Gasteiger partial charge is 0.339 e. The van der Waals surface area contributed by atoms with Crippen LogP contribution in [0.4, 0.5) is 4.39 Å². The molecule has 0 aliphatic heterocycles. The minimum atomic E-state index is -1.33. The zero-order valence-corrected chi connectivity index (χ0v) is 18.5. The van der Waals surface area contributed by atoms with Crippen molar-refractivity contribution in [2.45, 2.75) is 33.7 Å². The summed E-state index contributed by atoms with van der Waals surface area (Å²) in [5, 5.41) is 10.3. The molecule has 6 nitrogen and oxygen atoms in total. The third-order valence-corrected chi connectivity index (χ3v) is 5.83. The number of carboxylic acid groups (broad SMARTS) is 1. The molecule has 1 N–H and O–H groups in total. The number of halogens is 1. The Labute approximate surface area is 189 Å². The van der Waals surface area contributed by atoms with Crippen molar-refractivity contribution >= 4 is 28.1 Å². The average molecular weight is 443 g/mol. The summed E-state index contributed by atoms with van der Waals surface area (Å²) in [7, 11) is 0. The highest BCUT2D eigenvalue weighted by Gasteiger charge is 2.20. The zero-order chi connectivity index (χ0) is 23.3. The summed E-state index contributed by atoms with van der Waals surface area (Å²) in [6.07, 6.45) is 0.782. The first kappa shape index (κ1) is 20.9. The fourth-order valence-electron chi connectivity index (χ4n) is 4.34. The number of aromatic nitrogens is 3. The van der Waals surface area contributed by atoms with Gasteiger partial charge >= 0.3 is 5.97 Å². The number of furan rings is 1. The van der Waals surface area contributed by atoms with E-state index in [9.17, 15) is 14.3 Å². The van der Waals surface area contributed by atoms with E-state index >= 15 is 0 Å². The number of rotatable bonds is 5. The fraction of sp³-hybridized carbons (Fsp3) is 0.192. The van der Waals surface area contributed by atoms with Gasteiger partial charge < -0.3 is 14.1 Å². The van der Waals surface area contributed by atoms with Gasteiger partial charge in [0, 0.05) is 23.1 Å². The Morgan fingerprint density at radius 1 is 1.12 bits per heavy atom. The van der Waals surface area contributed by atoms with E-state index in [1.165, 1.54) is 6.07 Å². The highest BCUT2D eigenvalue weighted by Crippen LogP contribution is 2.32. The third kappa shape index (κ3) is 3.55. The second-order valence-electron chi connectivity index (χ2n) is 8.17. The maximum Gasteiger partial charge on any atom is 0.339 e. The molecule has 0 aliphatic carbocycles. The van der Waals surface area contributed by atoms with Gasteiger partial charge in [0.2, 0.25) is 0 Å². The number of carbonyl (C=O) groups is 1. The predicted molar refractivity (Wildman–Crippen MR) is 124 cm³/mol. The number of hydrogen-bond acceptors (Lipinski definition) is 4. The molecule has 0 atom stereocenters. The first-order valence-electron chi connectivity index (χ1n) is 10.7. The first-order chi connectivity index (χ1) is 15.9. The summed E-state index contributed by atoms with van der Waals surface area (Å²) in [4.78, 5) is 21.1. The van der Waals surface area contributed by atoms with E-state index in [0.717, 1.165) is 51.7 Å². The summed E-state index contributed by atoms with van der Waals surface area (Å²) in [6.45, 7) is 6.69. The quantitative estimate of drug-likeness (QED) is 0.365. The molecule has 0 spiro atoms. The molecule has 0 saturated carbocycles. The molecule has 0 fully saturated rings. The van der Waals surface area contributed by atoms with Crippen LogP contribution in [-0.4, -0.2) is 25.6 Å². The molecular formula is C26H22FN3O3. The van der Waals surface area contributed by atoms with Gasteiger partial charge in [-0.3, -0.25) is 0 Å². The Kier molecular flexibility index (Phi) is 4.96. The molecule has 3 heterocycles. The molecular weight excluding hydrogens is 421 g/mol. The Morgan fingerprint density at radius 2 is 1.94 bits per heavy atom. The molecule has 0 unspecified atom stereocenters. The number of aryl methyl sites for hydroxylation is 3. The molecule has 0 bridgehead atoms. The molecule has 3 aromatic heterocycles. The van der Waals surface area contributed by atoms with Gasteiger partial charge in [0.1, 0.15) is 34.1 Å². The Hall–Kier alpha value is -4.00. The van der Waals surface area contributed by atoms with Crippen molar-refractivity contribution < 1.29 is 18.7 Å². The second-order valence-corrected chi connectivity index (χ2v) is 8.17. The highest BCUT2D eigenvalue weighted by atomic mass is 19.1. The number of carboxylic acids is 1. The summed E-state index contributed by atoms with van der Waals surface area (Å²) in [5.41, 5.74) is 5.27. The van der Waals surface area contributed by atoms with Gasteiger partial charge in [-0.25, -0.2) is 19.2 Å². The standard InChI is InChI=1S/C26H22FN3O3/c1-4-22-29-24-14(2)10-15(3)28-25(24)30(22)13-16-8-9-20-17(11-16)12-21(33-20)18-6-5-7-19(27)23(18)26(31)32/h5-12H,4,13H2,1-3H3,(H,31,32). The molecule has 0 radical (unpaired) electrons. The van der Waals surface area contributed by atoms with Crippen molar-refractivity contribution in [2.75, 3.05) is 0 Å². The largest absolute Gasteiger partial charge is 0.478 e. The summed E-state index contributed by atoms with van der Waals surface area (Å²) in [6, 6.07) is 13.8. The number of aromatic carboxylic acids is 1. The molecule has 5 aromatic rings. The lowest BCUT2D eigenvalue weighted by atomic mass is 10.0. The van der Waals surface area contributed by atoms with Crippen LogP contribution in [0.5, 0.6) is 0 Å². The van der Waals surface area contributed by atoms with E-state index in [2.05, 4.69) is 11.5 Å². The molecule has 2 aromatic carbocycles. The number of benzene rings is 2. The van der Waals surface area contributed by atoms with E-state index in [1.807, 2.05) is 38.1 Å². The van der Waals surface area contributed by atoms with Crippen molar-refractivity contribution in [3.63, 3.8) is 0 Å². The van der Waals surface area contributed by atoms with Crippen LogP contribution in [-0.2, 0) is 13.0 Å². The molecule has 0 aliphatic rings. The van der Waals surface area contributed by atoms with Crippen molar-refractivity contribution in [3.8, 4) is 11.3 Å². The van der Waals surface area contributed by atoms with Crippen molar-refractivity contribution in [1.82, 2.24) is 14.5 Å². The van der Waals surface area contributed by atoms with Crippen LogP contribution in [0, 0.1) is 19.7 Å². The second kappa shape index (κ2) is 7.85. The van der Waals surface area contributed by atoms with Crippen LogP contribution < -0.4 is 0 Å². The molecule has 166 valence electrons. The van der Waals surface area contributed by atoms with E-state index in [1.54, 1.807) is 12.1 Å². The minimum Gasteiger partial charge on any atom is -0.478 e. The lowest BCUT2D eigenvalue weighted by Gasteiger charge is -2.08. The minimum absolute atomic E-state index is 0.212. The van der Waals surface area contributed by atoms with Crippen LogP contribution in [0.1, 0.15) is 39.9 Å². The maximum absolute atomic E-state index is 14.1. The average Bonchev–Trinajstić information content (AvgIpc) is 3.34. The van der Waals surface area contributed by atoms with Gasteiger partial charge in [-0.1, -0.05) is 25.1 Å². The Balaban J connectivity index is 1.58. The van der Waals surface area contributed by atoms with Gasteiger partial charge in [-0.2, -0.15) is 0 Å². The Bertz CT molecular complexity index is 1550. The van der Waals surface area contributed by atoms with E-state index < -0.39 is 17.3 Å². The van der Waals surface area contributed by atoms with Crippen molar-refractivity contribution in [1.29, 1.82) is 0 Å². The van der Waals surface area contributed by atoms with E-state index in [-0.39, 0.29) is 5.56 Å². The topological polar surface area (TPSA) is 81.2 Å². The van der Waals surface area contributed by atoms with Gasteiger partial charge in [-0.15, -0.1) is 0 Å². The highest BCUT2D eigenvalue weighted by molar-refractivity contribution is 5.97. The monoisotopic (exact) mass is 443 g/mol. The number of nitrogens with zero attached hydrogens (tertiary/aromatic N) is 3. The zero-order valence-electron chi connectivity index (χ0n) is 18.5. The van der Waals surface area contributed by atoms with Crippen LogP contribution >= 0.6 is 0 Å². The van der Waals surface area contributed by atoms with Crippen LogP contribution in [0.25, 0.3) is 33.5 Å². The van der Waals surface area contributed by atoms with Gasteiger partial charge in [0.05, 0.1) is 6.54 Å². The molecule has 0 amide bonds. The first-order valence-corrected chi connectivity index (χ1v) is 10.7. The summed E-state index contributed by atoms with van der Waals surface area (Å²) >= 11 is 0. The number of hydrogen-bond donors (Lipinski definition) is 1. The fourth-order valence-corrected chi connectivity index (χ4v) is 4.34.